The van der Waals surface area contributed by atoms with Gasteiger partial charge in [-0.15, -0.1) is 0 Å². The fourth-order valence-corrected chi connectivity index (χ4v) is 3.47. The summed E-state index contributed by atoms with van der Waals surface area (Å²) in [6.45, 7) is 0. The number of nitrogens with two attached hydrogens (primary N) is 1. The van der Waals surface area contributed by atoms with Crippen molar-refractivity contribution in [1.82, 2.24) is 15.3 Å². The van der Waals surface area contributed by atoms with Gasteiger partial charge in [0.05, 0.1) is 6.04 Å². The number of carbonyl (C=O) groups is 1. The number of hydrogen-bond donors (Lipinski definition) is 4. The maximum absolute atomic E-state index is 12.6. The third kappa shape index (κ3) is 3.15. The maximum atomic E-state index is 12.6. The number of aromatic amines is 2. The molecule has 2 aromatic carbocycles. The van der Waals surface area contributed by atoms with Crippen LogP contribution >= 0.6 is 0 Å². The van der Waals surface area contributed by atoms with Gasteiger partial charge in [-0.2, -0.15) is 0 Å². The fourth-order valence-electron chi connectivity index (χ4n) is 3.47. The van der Waals surface area contributed by atoms with E-state index in [1.807, 2.05) is 35.3 Å². The van der Waals surface area contributed by atoms with E-state index in [0.29, 0.717) is 0 Å². The van der Waals surface area contributed by atoms with Crippen molar-refractivity contribution in [1.29, 1.82) is 0 Å². The molecule has 4 rings (SSSR count). The summed E-state index contributed by atoms with van der Waals surface area (Å²) >= 11 is 0. The van der Waals surface area contributed by atoms with Crippen molar-refractivity contribution < 1.29 is 4.79 Å². The topological polar surface area (TPSA) is 121 Å². The van der Waals surface area contributed by atoms with Crippen LogP contribution in [-0.2, 0) is 6.42 Å². The Morgan fingerprint density at radius 3 is 2.59 bits per heavy atom. The lowest BCUT2D eigenvalue weighted by Gasteiger charge is -2.15. The molecule has 1 aliphatic rings. The van der Waals surface area contributed by atoms with Gasteiger partial charge in [-0.05, 0) is 41.2 Å². The van der Waals surface area contributed by atoms with Crippen LogP contribution in [0.1, 0.15) is 34.1 Å². The number of carbonyl (C=O) groups excluding carboxylic acids is 1. The van der Waals surface area contributed by atoms with Crippen molar-refractivity contribution in [2.75, 3.05) is 5.73 Å². The minimum Gasteiger partial charge on any atom is -0.392 e. The number of hydrogen-bond acceptors (Lipinski definition) is 4. The van der Waals surface area contributed by atoms with Gasteiger partial charge in [-0.25, -0.2) is 4.79 Å². The molecule has 27 heavy (non-hydrogen) atoms. The highest BCUT2D eigenvalue weighted by Gasteiger charge is 2.26. The van der Waals surface area contributed by atoms with Gasteiger partial charge in [0.25, 0.3) is 11.5 Å². The molecular weight excluding hydrogens is 344 g/mol. The Balaban J connectivity index is 1.64. The lowest BCUT2D eigenvalue weighted by Crippen LogP contribution is -2.34. The van der Waals surface area contributed by atoms with Gasteiger partial charge in [0.1, 0.15) is 11.4 Å². The lowest BCUT2D eigenvalue weighted by atomic mass is 9.99. The first-order chi connectivity index (χ1) is 13.0. The smallest absolute Gasteiger partial charge is 0.326 e. The maximum Gasteiger partial charge on any atom is 0.326 e. The van der Waals surface area contributed by atoms with E-state index in [2.05, 4.69) is 28.5 Å². The van der Waals surface area contributed by atoms with Gasteiger partial charge >= 0.3 is 5.69 Å². The molecule has 0 fully saturated rings. The molecule has 5 N–H and O–H groups in total. The van der Waals surface area contributed by atoms with Crippen LogP contribution in [0.3, 0.4) is 0 Å². The van der Waals surface area contributed by atoms with Crippen LogP contribution in [0.15, 0.2) is 58.1 Å². The van der Waals surface area contributed by atoms with Gasteiger partial charge in [0.2, 0.25) is 0 Å². The zero-order valence-electron chi connectivity index (χ0n) is 14.4. The number of nitrogen functional groups attached to an aromatic ring is 1. The number of amides is 1. The van der Waals surface area contributed by atoms with Gasteiger partial charge in [-0.3, -0.25) is 14.6 Å². The standard InChI is InChI=1S/C20H18N4O3/c21-16-17(23-20(27)24-18(16)25)19(26)22-15-9-8-12-6-7-13(10-14(12)15)11-4-2-1-3-5-11/h1-7,10,15H,8-9,21H2,(H,22,26)(H2,23,24,25,27). The highest BCUT2D eigenvalue weighted by molar-refractivity contribution is 5.97. The second kappa shape index (κ2) is 6.60. The number of aromatic nitrogens is 2. The first-order valence-corrected chi connectivity index (χ1v) is 8.64. The fraction of sp³-hybridized carbons (Fsp3) is 0.150. The van der Waals surface area contributed by atoms with E-state index < -0.39 is 17.2 Å². The summed E-state index contributed by atoms with van der Waals surface area (Å²) in [6, 6.07) is 16.0. The SMILES string of the molecule is Nc1c(C(=O)NC2CCc3ccc(-c4ccccc4)cc32)[nH]c(=O)[nH]c1=O. The summed E-state index contributed by atoms with van der Waals surface area (Å²) in [6.07, 6.45) is 1.59. The first kappa shape index (κ1) is 16.8. The monoisotopic (exact) mass is 362 g/mol. The lowest BCUT2D eigenvalue weighted by molar-refractivity contribution is 0.0932. The number of anilines is 1. The highest BCUT2D eigenvalue weighted by atomic mass is 16.2. The van der Waals surface area contributed by atoms with Crippen LogP contribution < -0.4 is 22.3 Å². The summed E-state index contributed by atoms with van der Waals surface area (Å²) in [5, 5.41) is 2.88. The van der Waals surface area contributed by atoms with E-state index in [1.165, 1.54) is 5.56 Å². The van der Waals surface area contributed by atoms with Gasteiger partial charge < -0.3 is 16.0 Å². The quantitative estimate of drug-likeness (QED) is 0.567. The van der Waals surface area contributed by atoms with Crippen LogP contribution in [0, 0.1) is 0 Å². The Hall–Kier alpha value is -3.61. The van der Waals surface area contributed by atoms with Crippen LogP contribution in [0.25, 0.3) is 11.1 Å². The molecule has 1 unspecified atom stereocenters. The van der Waals surface area contributed by atoms with E-state index >= 15 is 0 Å². The van der Waals surface area contributed by atoms with Gasteiger partial charge in [-0.1, -0.05) is 42.5 Å². The minimum atomic E-state index is -0.776. The molecule has 0 aliphatic heterocycles. The largest absolute Gasteiger partial charge is 0.392 e. The van der Waals surface area contributed by atoms with Crippen LogP contribution in [0.5, 0.6) is 0 Å². The molecule has 0 bridgehead atoms. The van der Waals surface area contributed by atoms with Crippen molar-refractivity contribution in [2.45, 2.75) is 18.9 Å². The number of rotatable bonds is 3. The predicted molar refractivity (Wildman–Crippen MR) is 103 cm³/mol. The number of fused-ring (bicyclic) bond motifs is 1. The number of nitrogens with one attached hydrogen (secondary N) is 3. The molecule has 0 radical (unpaired) electrons. The number of H-pyrrole nitrogens is 2. The van der Waals surface area contributed by atoms with E-state index in [4.69, 9.17) is 5.73 Å². The predicted octanol–water partition coefficient (Wildman–Crippen LogP) is 1.73. The third-order valence-corrected chi connectivity index (χ3v) is 4.84. The van der Waals surface area contributed by atoms with Crippen LogP contribution in [0.4, 0.5) is 5.69 Å². The van der Waals surface area contributed by atoms with E-state index in [9.17, 15) is 14.4 Å². The molecule has 0 saturated carbocycles. The summed E-state index contributed by atoms with van der Waals surface area (Å²) in [5.41, 5.74) is 7.97. The van der Waals surface area contributed by atoms with Crippen LogP contribution in [-0.4, -0.2) is 15.9 Å². The van der Waals surface area contributed by atoms with Crippen molar-refractivity contribution in [3.8, 4) is 11.1 Å². The van der Waals surface area contributed by atoms with E-state index in [-0.39, 0.29) is 17.4 Å². The average molecular weight is 362 g/mol. The molecule has 0 saturated heterocycles. The van der Waals surface area contributed by atoms with E-state index in [0.717, 1.165) is 29.5 Å². The Labute approximate surface area is 154 Å². The van der Waals surface area contributed by atoms with Gasteiger partial charge in [0.15, 0.2) is 0 Å². The van der Waals surface area contributed by atoms with Crippen molar-refractivity contribution in [3.63, 3.8) is 0 Å². The molecule has 136 valence electrons. The Bertz CT molecular complexity index is 1130. The normalized spacial score (nSPS) is 15.3. The Morgan fingerprint density at radius 1 is 1.04 bits per heavy atom. The highest BCUT2D eigenvalue weighted by Crippen LogP contribution is 2.34. The molecule has 1 heterocycles. The Morgan fingerprint density at radius 2 is 1.81 bits per heavy atom. The zero-order valence-corrected chi connectivity index (χ0v) is 14.4. The molecule has 1 aromatic heterocycles. The van der Waals surface area contributed by atoms with Gasteiger partial charge in [0, 0.05) is 0 Å². The zero-order chi connectivity index (χ0) is 19.0. The van der Waals surface area contributed by atoms with Crippen molar-refractivity contribution in [3.05, 3.63) is 86.2 Å². The third-order valence-electron chi connectivity index (χ3n) is 4.84. The molecule has 7 nitrogen and oxygen atoms in total. The number of aryl methyl sites for hydroxylation is 1. The van der Waals surface area contributed by atoms with E-state index in [1.54, 1.807) is 0 Å². The second-order valence-corrected chi connectivity index (χ2v) is 6.54. The molecule has 1 atom stereocenters. The summed E-state index contributed by atoms with van der Waals surface area (Å²) < 4.78 is 0. The first-order valence-electron chi connectivity index (χ1n) is 8.64. The summed E-state index contributed by atoms with van der Waals surface area (Å²) in [7, 11) is 0. The average Bonchev–Trinajstić information content (AvgIpc) is 3.07. The summed E-state index contributed by atoms with van der Waals surface area (Å²) in [4.78, 5) is 40.0. The van der Waals surface area contributed by atoms with Crippen LogP contribution in [0.2, 0.25) is 0 Å². The molecule has 1 amide bonds. The molecular formula is C20H18N4O3. The van der Waals surface area contributed by atoms with Crippen molar-refractivity contribution >= 4 is 11.6 Å². The minimum absolute atomic E-state index is 0.210. The summed E-state index contributed by atoms with van der Waals surface area (Å²) in [5.74, 6) is -0.571. The molecule has 7 heteroatoms. The molecule has 0 spiro atoms. The molecule has 3 aromatic rings. The Kier molecular flexibility index (Phi) is 4.12. The second-order valence-electron chi connectivity index (χ2n) is 6.54. The number of benzene rings is 2. The van der Waals surface area contributed by atoms with Crippen molar-refractivity contribution in [2.24, 2.45) is 0 Å². The molecule has 1 aliphatic carbocycles.